The van der Waals surface area contributed by atoms with Crippen molar-refractivity contribution in [3.8, 4) is 0 Å². The van der Waals surface area contributed by atoms with Crippen LogP contribution in [-0.2, 0) is 44.5 Å². The van der Waals surface area contributed by atoms with Crippen molar-refractivity contribution in [1.29, 1.82) is 0 Å². The van der Waals surface area contributed by atoms with E-state index in [1.54, 1.807) is 0 Å². The lowest BCUT2D eigenvalue weighted by Crippen LogP contribution is -2.49. The van der Waals surface area contributed by atoms with E-state index < -0.39 is 72.2 Å². The lowest BCUT2D eigenvalue weighted by atomic mass is 10.0. The molecule has 2 amide bonds. The number of nitrogens with two attached hydrogens (primary N) is 1. The summed E-state index contributed by atoms with van der Waals surface area (Å²) < 4.78 is 49.5. The Hall–Kier alpha value is -1.72. The van der Waals surface area contributed by atoms with E-state index in [2.05, 4.69) is 10.6 Å². The smallest absolute Gasteiger partial charge is 0.346 e. The number of carboxylic acid groups (broad SMARTS) is 2. The lowest BCUT2D eigenvalue weighted by Gasteiger charge is -2.37. The third-order valence-electron chi connectivity index (χ3n) is 6.46. The Bertz CT molecular complexity index is 1310. The van der Waals surface area contributed by atoms with Crippen molar-refractivity contribution >= 4 is 87.7 Å². The summed E-state index contributed by atoms with van der Waals surface area (Å²) in [5, 5.41) is 22.4. The van der Waals surface area contributed by atoms with Crippen molar-refractivity contribution in [3.05, 3.63) is 29.8 Å². The molecule has 0 aliphatic carbocycles. The topological polar surface area (TPSA) is 226 Å². The van der Waals surface area contributed by atoms with Crippen molar-refractivity contribution in [1.82, 2.24) is 20.0 Å². The van der Waals surface area contributed by atoms with Gasteiger partial charge in [-0.3, -0.25) is 23.7 Å². The van der Waals surface area contributed by atoms with Crippen LogP contribution in [0.1, 0.15) is 18.4 Å². The molecule has 0 radical (unpaired) electrons. The molecule has 1 aromatic carbocycles. The van der Waals surface area contributed by atoms with Gasteiger partial charge in [-0.2, -0.15) is 0 Å². The quantitative estimate of drug-likeness (QED) is 0.0702. The summed E-state index contributed by atoms with van der Waals surface area (Å²) >= 11 is 23.7. The maximum absolute atomic E-state index is 14.2. The number of alkyl halides is 4. The van der Waals surface area contributed by atoms with Crippen LogP contribution < -0.4 is 16.4 Å². The first-order valence-electron chi connectivity index (χ1n) is 14.2. The van der Waals surface area contributed by atoms with Gasteiger partial charge in [-0.15, -0.1) is 46.4 Å². The van der Waals surface area contributed by atoms with Gasteiger partial charge in [-0.1, -0.05) is 12.1 Å². The molecule has 268 valence electrons. The number of carbonyl (C=O) groups is 4. The molecule has 0 spiro atoms. The lowest BCUT2D eigenvalue weighted by molar-refractivity contribution is -0.139. The van der Waals surface area contributed by atoms with Gasteiger partial charge < -0.3 is 31.1 Å². The number of hydrogen-bond donors (Lipinski definition) is 5. The van der Waals surface area contributed by atoms with E-state index in [1.165, 1.54) is 33.6 Å². The second-order valence-electron chi connectivity index (χ2n) is 9.87. The molecule has 0 saturated heterocycles. The monoisotopic (exact) mass is 785 g/mol. The Kier molecular flexibility index (Phi) is 20.3. The van der Waals surface area contributed by atoms with Crippen LogP contribution in [0.3, 0.4) is 0 Å². The summed E-state index contributed by atoms with van der Waals surface area (Å²) in [6.07, 6.45) is -0.803. The molecule has 2 atom stereocenters. The van der Waals surface area contributed by atoms with Gasteiger partial charge in [0, 0.05) is 62.5 Å². The van der Waals surface area contributed by atoms with E-state index >= 15 is 0 Å². The third-order valence-corrected chi connectivity index (χ3v) is 11.6. The average Bonchev–Trinajstić information content (AvgIpc) is 3.01. The Morgan fingerprint density at radius 3 is 2.00 bits per heavy atom. The molecule has 0 bridgehead atoms. The summed E-state index contributed by atoms with van der Waals surface area (Å²) in [6.45, 7) is -0.706. The number of sulfone groups is 1. The second kappa shape index (κ2) is 22.1. The third kappa shape index (κ3) is 15.2. The molecule has 0 aliphatic rings. The van der Waals surface area contributed by atoms with Crippen LogP contribution in [0.25, 0.3) is 0 Å². The van der Waals surface area contributed by atoms with Crippen LogP contribution in [-0.4, -0.2) is 132 Å². The summed E-state index contributed by atoms with van der Waals surface area (Å²) in [5.41, 5.74) is 5.72. The van der Waals surface area contributed by atoms with Gasteiger partial charge >= 0.3 is 19.6 Å². The van der Waals surface area contributed by atoms with E-state index in [4.69, 9.17) is 66.9 Å². The van der Waals surface area contributed by atoms with E-state index in [0.717, 1.165) is 0 Å². The zero-order valence-electron chi connectivity index (χ0n) is 25.4. The highest BCUT2D eigenvalue weighted by atomic mass is 35.5. The number of nitrogens with zero attached hydrogens (tertiary/aromatic N) is 2. The van der Waals surface area contributed by atoms with Crippen LogP contribution in [0.2, 0.25) is 0 Å². The second-order valence-corrected chi connectivity index (χ2v) is 15.9. The SMILES string of the molecule is N[C@@H](CCC(=O)N[C@@H](Cc1cccc(S(=O)(=O)CCOP(=O)(N(CCCl)CCCl)N(CCCl)CCCl)c1)C(=O)NCC(=O)O)C(=O)O. The zero-order valence-corrected chi connectivity index (χ0v) is 30.1. The molecule has 1 aromatic rings. The van der Waals surface area contributed by atoms with E-state index in [-0.39, 0.29) is 73.9 Å². The number of carboxylic acids is 2. The van der Waals surface area contributed by atoms with Crippen molar-refractivity contribution in [3.63, 3.8) is 0 Å². The van der Waals surface area contributed by atoms with Crippen LogP contribution in [0.15, 0.2) is 29.2 Å². The number of benzene rings is 1. The number of nitrogens with one attached hydrogen (secondary N) is 2. The van der Waals surface area contributed by atoms with Crippen LogP contribution in [0.5, 0.6) is 0 Å². The van der Waals surface area contributed by atoms with Crippen LogP contribution >= 0.6 is 54.1 Å². The highest BCUT2D eigenvalue weighted by Crippen LogP contribution is 2.54. The van der Waals surface area contributed by atoms with Crippen molar-refractivity contribution in [2.45, 2.75) is 36.2 Å². The fourth-order valence-electron chi connectivity index (χ4n) is 4.12. The first kappa shape index (κ1) is 43.3. The van der Waals surface area contributed by atoms with Crippen molar-refractivity contribution in [2.24, 2.45) is 5.73 Å². The molecule has 47 heavy (non-hydrogen) atoms. The Balaban J connectivity index is 3.19. The van der Waals surface area contributed by atoms with E-state index in [1.807, 2.05) is 0 Å². The minimum atomic E-state index is -4.06. The number of aliphatic carboxylic acids is 2. The van der Waals surface area contributed by atoms with Gasteiger partial charge in [0.05, 0.1) is 17.3 Å². The standard InChI is InChI=1S/C26H40Cl4N5O10PS/c27-6-10-34(11-7-28)46(42,35(12-8-29)13-9-30)45-14-15-47(43,44)20-3-1-2-19(16-20)17-22(25(39)32-18-24(37)38)33-23(36)5-4-21(31)26(40)41/h1-3,16,21-22H,4-15,17-18,31H2,(H,32,39)(H,33,36)(H,37,38)(H,40,41)/t21-,22-/m0/s1. The maximum Gasteiger partial charge on any atom is 0.346 e. The average molecular weight is 787 g/mol. The Morgan fingerprint density at radius 1 is 0.957 bits per heavy atom. The molecule has 1 rings (SSSR count). The minimum absolute atomic E-state index is 0.0938. The predicted molar refractivity (Wildman–Crippen MR) is 179 cm³/mol. The van der Waals surface area contributed by atoms with Gasteiger partial charge in [-0.25, -0.2) is 17.8 Å². The molecule has 0 unspecified atom stereocenters. The summed E-state index contributed by atoms with van der Waals surface area (Å²) in [5.74, 6) is -4.45. The molecular formula is C26H40Cl4N5O10PS. The van der Waals surface area contributed by atoms with E-state index in [0.29, 0.717) is 5.56 Å². The Morgan fingerprint density at radius 2 is 1.51 bits per heavy atom. The summed E-state index contributed by atoms with van der Waals surface area (Å²) in [4.78, 5) is 47.0. The number of rotatable bonds is 25. The highest BCUT2D eigenvalue weighted by molar-refractivity contribution is 7.91. The van der Waals surface area contributed by atoms with E-state index in [9.17, 15) is 32.2 Å². The molecule has 6 N–H and O–H groups in total. The van der Waals surface area contributed by atoms with Crippen LogP contribution in [0.4, 0.5) is 0 Å². The van der Waals surface area contributed by atoms with Gasteiger partial charge in [0.1, 0.15) is 18.6 Å². The number of hydrogen-bond acceptors (Lipinski definition) is 9. The normalized spacial score (nSPS) is 13.3. The number of carbonyl (C=O) groups excluding carboxylic acids is 2. The largest absolute Gasteiger partial charge is 0.480 e. The fourth-order valence-corrected chi connectivity index (χ4v) is 9.11. The van der Waals surface area contributed by atoms with Crippen molar-refractivity contribution < 1.29 is 46.9 Å². The summed E-state index contributed by atoms with van der Waals surface area (Å²) in [6, 6.07) is 2.86. The number of halogens is 4. The summed E-state index contributed by atoms with van der Waals surface area (Å²) in [7, 11) is -7.93. The highest BCUT2D eigenvalue weighted by Gasteiger charge is 2.38. The van der Waals surface area contributed by atoms with Gasteiger partial charge in [0.25, 0.3) is 0 Å². The number of amides is 2. The molecule has 15 nitrogen and oxygen atoms in total. The molecule has 0 fully saturated rings. The molecule has 0 saturated carbocycles. The molecule has 21 heteroatoms. The maximum atomic E-state index is 14.2. The minimum Gasteiger partial charge on any atom is -0.480 e. The van der Waals surface area contributed by atoms with Crippen LogP contribution in [0, 0.1) is 0 Å². The van der Waals surface area contributed by atoms with Gasteiger partial charge in [-0.05, 0) is 24.1 Å². The fraction of sp³-hybridized carbons (Fsp3) is 0.615. The van der Waals surface area contributed by atoms with Gasteiger partial charge in [0.15, 0.2) is 9.84 Å². The Labute approximate surface area is 293 Å². The van der Waals surface area contributed by atoms with Gasteiger partial charge in [0.2, 0.25) is 11.8 Å². The zero-order chi connectivity index (χ0) is 35.6. The first-order valence-corrected chi connectivity index (χ1v) is 19.5. The molecule has 0 heterocycles. The molecular weight excluding hydrogens is 747 g/mol. The first-order chi connectivity index (χ1) is 22.1. The molecule has 0 aromatic heterocycles. The van der Waals surface area contributed by atoms with Crippen molar-refractivity contribution in [2.75, 3.05) is 68.6 Å². The predicted octanol–water partition coefficient (Wildman–Crippen LogP) is 1.56. The molecule has 0 aliphatic heterocycles.